The molecule has 2 N–H and O–H groups in total. The summed E-state index contributed by atoms with van der Waals surface area (Å²) < 4.78 is 45.5. The second kappa shape index (κ2) is 7.66. The van der Waals surface area contributed by atoms with Crippen LogP contribution in [0.2, 0.25) is 0 Å². The van der Waals surface area contributed by atoms with Crippen molar-refractivity contribution in [1.82, 2.24) is 4.72 Å². The van der Waals surface area contributed by atoms with Crippen LogP contribution in [0.25, 0.3) is 0 Å². The van der Waals surface area contributed by atoms with Gasteiger partial charge >= 0.3 is 5.97 Å². The van der Waals surface area contributed by atoms with Gasteiger partial charge < -0.3 is 19.3 Å². The van der Waals surface area contributed by atoms with Crippen molar-refractivity contribution in [2.24, 2.45) is 0 Å². The highest BCUT2D eigenvalue weighted by atomic mass is 32.2. The molecule has 1 aliphatic carbocycles. The molecule has 0 aromatic heterocycles. The number of carboxylic acid groups (broad SMARTS) is 1. The number of hydrogen-bond acceptors (Lipinski definition) is 6. The van der Waals surface area contributed by atoms with Crippen LogP contribution in [0.1, 0.15) is 17.9 Å². The van der Waals surface area contributed by atoms with Crippen LogP contribution in [-0.2, 0) is 19.6 Å². The average molecular weight is 419 g/mol. The largest absolute Gasteiger partial charge is 0.485 e. The maximum atomic E-state index is 12.9. The lowest BCUT2D eigenvalue weighted by molar-refractivity contribution is -0.139. The number of sulfonamides is 1. The Labute approximate surface area is 168 Å². The smallest absolute Gasteiger partial charge is 0.341 e. The predicted octanol–water partition coefficient (Wildman–Crippen LogP) is 1.76. The molecule has 0 radical (unpaired) electrons. The fraction of sp³-hybridized carbons (Fsp3) is 0.350. The van der Waals surface area contributed by atoms with E-state index in [4.69, 9.17) is 19.3 Å². The van der Waals surface area contributed by atoms with Crippen molar-refractivity contribution >= 4 is 16.0 Å². The van der Waals surface area contributed by atoms with Crippen molar-refractivity contribution in [3.63, 3.8) is 0 Å². The molecular formula is C20H21NO7S. The lowest BCUT2D eigenvalue weighted by Crippen LogP contribution is -2.44. The van der Waals surface area contributed by atoms with E-state index >= 15 is 0 Å². The SMILES string of the molecule is COC1CC2Oc3c(OCC(=O)O)cccc3C2C1NS(=O)(=O)c1ccccc1. The van der Waals surface area contributed by atoms with Gasteiger partial charge in [0.25, 0.3) is 0 Å². The number of ether oxygens (including phenoxy) is 3. The summed E-state index contributed by atoms with van der Waals surface area (Å²) in [6.45, 7) is -0.486. The van der Waals surface area contributed by atoms with Gasteiger partial charge in [0.1, 0.15) is 6.10 Å². The van der Waals surface area contributed by atoms with Gasteiger partial charge in [0, 0.05) is 25.0 Å². The van der Waals surface area contributed by atoms with Crippen LogP contribution < -0.4 is 14.2 Å². The molecule has 154 valence electrons. The molecule has 1 heterocycles. The molecule has 2 aliphatic rings. The molecular weight excluding hydrogens is 398 g/mol. The van der Waals surface area contributed by atoms with Gasteiger partial charge in [0.2, 0.25) is 10.0 Å². The first kappa shape index (κ1) is 19.7. The monoisotopic (exact) mass is 419 g/mol. The molecule has 29 heavy (non-hydrogen) atoms. The number of nitrogens with one attached hydrogen (secondary N) is 1. The zero-order valence-electron chi connectivity index (χ0n) is 15.6. The summed E-state index contributed by atoms with van der Waals surface area (Å²) in [6.07, 6.45) is -0.163. The zero-order valence-corrected chi connectivity index (χ0v) is 16.5. The van der Waals surface area contributed by atoms with Crippen LogP contribution in [-0.4, -0.2) is 51.5 Å². The Morgan fingerprint density at radius 1 is 1.21 bits per heavy atom. The van der Waals surface area contributed by atoms with Gasteiger partial charge in [-0.25, -0.2) is 17.9 Å². The van der Waals surface area contributed by atoms with E-state index in [-0.39, 0.29) is 23.0 Å². The quantitative estimate of drug-likeness (QED) is 0.703. The van der Waals surface area contributed by atoms with Crippen molar-refractivity contribution < 1.29 is 32.5 Å². The number of aliphatic carboxylic acids is 1. The number of hydrogen-bond donors (Lipinski definition) is 2. The molecule has 4 rings (SSSR count). The zero-order chi connectivity index (χ0) is 20.6. The molecule has 1 saturated carbocycles. The van der Waals surface area contributed by atoms with Crippen LogP contribution >= 0.6 is 0 Å². The molecule has 8 nitrogen and oxygen atoms in total. The summed E-state index contributed by atoms with van der Waals surface area (Å²) >= 11 is 0. The third-order valence-corrected chi connectivity index (χ3v) is 6.76. The molecule has 2 aromatic carbocycles. The summed E-state index contributed by atoms with van der Waals surface area (Å²) in [5.41, 5.74) is 0.776. The first-order valence-electron chi connectivity index (χ1n) is 9.15. The number of carbonyl (C=O) groups is 1. The molecule has 1 fully saturated rings. The van der Waals surface area contributed by atoms with Gasteiger partial charge in [-0.3, -0.25) is 0 Å². The standard InChI is InChI=1S/C20H21NO7S/c1-26-16-10-15-18(19(16)21-29(24,25)12-6-3-2-4-7-12)13-8-5-9-14(20(13)28-15)27-11-17(22)23/h2-9,15-16,18-19,21H,10-11H2,1H3,(H,22,23). The lowest BCUT2D eigenvalue weighted by Gasteiger charge is -2.24. The fourth-order valence-corrected chi connectivity index (χ4v) is 5.37. The number of para-hydroxylation sites is 1. The number of fused-ring (bicyclic) bond motifs is 3. The lowest BCUT2D eigenvalue weighted by atomic mass is 9.94. The maximum Gasteiger partial charge on any atom is 0.341 e. The summed E-state index contributed by atoms with van der Waals surface area (Å²) in [4.78, 5) is 11.0. The minimum Gasteiger partial charge on any atom is -0.485 e. The van der Waals surface area contributed by atoms with Gasteiger partial charge in [-0.1, -0.05) is 30.3 Å². The fourth-order valence-electron chi connectivity index (χ4n) is 4.06. The van der Waals surface area contributed by atoms with E-state index in [9.17, 15) is 13.2 Å². The van der Waals surface area contributed by atoms with E-state index in [1.54, 1.807) is 37.4 Å². The van der Waals surface area contributed by atoms with Crippen LogP contribution in [0.4, 0.5) is 0 Å². The van der Waals surface area contributed by atoms with Crippen molar-refractivity contribution in [1.29, 1.82) is 0 Å². The summed E-state index contributed by atoms with van der Waals surface area (Å²) in [5.74, 6) is -0.573. The minimum atomic E-state index is -3.75. The summed E-state index contributed by atoms with van der Waals surface area (Å²) in [5, 5.41) is 8.87. The molecule has 0 saturated heterocycles. The Kier molecular flexibility index (Phi) is 5.20. The van der Waals surface area contributed by atoms with Gasteiger partial charge in [-0.05, 0) is 18.2 Å². The van der Waals surface area contributed by atoms with Gasteiger partial charge in [-0.2, -0.15) is 0 Å². The third-order valence-electron chi connectivity index (χ3n) is 5.29. The first-order chi connectivity index (χ1) is 13.9. The molecule has 0 spiro atoms. The second-order valence-corrected chi connectivity index (χ2v) is 8.72. The van der Waals surface area contributed by atoms with Crippen molar-refractivity contribution in [2.75, 3.05) is 13.7 Å². The van der Waals surface area contributed by atoms with E-state index in [0.717, 1.165) is 5.56 Å². The van der Waals surface area contributed by atoms with E-state index in [0.29, 0.717) is 17.9 Å². The highest BCUT2D eigenvalue weighted by Crippen LogP contribution is 2.51. The second-order valence-electron chi connectivity index (χ2n) is 7.01. The molecule has 4 unspecified atom stereocenters. The number of benzene rings is 2. The Morgan fingerprint density at radius 3 is 2.66 bits per heavy atom. The van der Waals surface area contributed by atoms with Crippen LogP contribution in [0.3, 0.4) is 0 Å². The number of rotatable bonds is 7. The Balaban J connectivity index is 1.65. The predicted molar refractivity (Wildman–Crippen MR) is 103 cm³/mol. The Hall–Kier alpha value is -2.62. The van der Waals surface area contributed by atoms with Gasteiger partial charge in [0.05, 0.1) is 17.0 Å². The minimum absolute atomic E-state index is 0.177. The molecule has 0 bridgehead atoms. The Morgan fingerprint density at radius 2 is 1.97 bits per heavy atom. The van der Waals surface area contributed by atoms with Crippen molar-refractivity contribution in [2.45, 2.75) is 35.5 Å². The van der Waals surface area contributed by atoms with E-state index in [2.05, 4.69) is 4.72 Å². The van der Waals surface area contributed by atoms with Crippen LogP contribution in [0, 0.1) is 0 Å². The van der Waals surface area contributed by atoms with E-state index < -0.39 is 28.6 Å². The van der Waals surface area contributed by atoms with Gasteiger partial charge in [0.15, 0.2) is 18.1 Å². The van der Waals surface area contributed by atoms with Crippen LogP contribution in [0.15, 0.2) is 53.4 Å². The van der Waals surface area contributed by atoms with E-state index in [1.165, 1.54) is 12.1 Å². The highest BCUT2D eigenvalue weighted by Gasteiger charge is 2.52. The average Bonchev–Trinajstić information content (AvgIpc) is 3.23. The van der Waals surface area contributed by atoms with E-state index in [1.807, 2.05) is 6.07 Å². The topological polar surface area (TPSA) is 111 Å². The maximum absolute atomic E-state index is 12.9. The van der Waals surface area contributed by atoms with Crippen LogP contribution in [0.5, 0.6) is 11.5 Å². The summed E-state index contributed by atoms with van der Waals surface area (Å²) in [7, 11) is -2.21. The summed E-state index contributed by atoms with van der Waals surface area (Å²) in [6, 6.07) is 12.8. The highest BCUT2D eigenvalue weighted by molar-refractivity contribution is 7.89. The molecule has 2 aromatic rings. The number of methoxy groups -OCH3 is 1. The van der Waals surface area contributed by atoms with Crippen molar-refractivity contribution in [3.05, 3.63) is 54.1 Å². The molecule has 1 aliphatic heterocycles. The third kappa shape index (κ3) is 3.68. The molecule has 9 heteroatoms. The molecule has 0 amide bonds. The van der Waals surface area contributed by atoms with Gasteiger partial charge in [-0.15, -0.1) is 0 Å². The molecule has 4 atom stereocenters. The normalized spacial score (nSPS) is 25.1. The first-order valence-corrected chi connectivity index (χ1v) is 10.6. The number of carboxylic acids is 1. The van der Waals surface area contributed by atoms with Crippen molar-refractivity contribution in [3.8, 4) is 11.5 Å². The Bertz CT molecular complexity index is 1010.